The smallest absolute Gasteiger partial charge is 0.339 e. The van der Waals surface area contributed by atoms with Crippen molar-refractivity contribution >= 4 is 47.0 Å². The van der Waals surface area contributed by atoms with E-state index in [1.54, 1.807) is 12.1 Å². The van der Waals surface area contributed by atoms with Crippen LogP contribution in [0.25, 0.3) is 0 Å². The molecule has 0 atom stereocenters. The largest absolute Gasteiger partial charge is 0.452 e. The Morgan fingerprint density at radius 2 is 1.50 bits per heavy atom. The van der Waals surface area contributed by atoms with Crippen LogP contribution < -0.4 is 10.6 Å². The molecule has 0 spiro atoms. The van der Waals surface area contributed by atoms with Gasteiger partial charge in [0.05, 0.1) is 17.0 Å². The second-order valence-corrected chi connectivity index (χ2v) is 12.2. The number of carbonyl (C=O) groups excluding carboxylic acids is 3. The number of nitrogens with one attached hydrogen (secondary N) is 2. The maximum Gasteiger partial charge on any atom is 0.339 e. The van der Waals surface area contributed by atoms with E-state index in [4.69, 9.17) is 4.74 Å². The molecule has 4 bridgehead atoms. The van der Waals surface area contributed by atoms with Gasteiger partial charge in [0.15, 0.2) is 6.61 Å². The van der Waals surface area contributed by atoms with E-state index in [0.717, 1.165) is 41.9 Å². The molecule has 0 unspecified atom stereocenters. The van der Waals surface area contributed by atoms with Crippen LogP contribution in [0, 0.1) is 17.8 Å². The standard InChI is InChI=1S/C28H32N2O4S2/c1-35-24-9-5-3-7-22(24)29-25(31)16-34-27(33)21-6-2-4-8-23(21)36-17-26(32)30-28-13-18-10-19(14-28)12-20(11-18)15-28/h2-9,18-20H,10-17H2,1H3,(H,29,31)(H,30,32). The molecule has 4 aliphatic carbocycles. The van der Waals surface area contributed by atoms with Crippen molar-refractivity contribution in [2.45, 2.75) is 53.9 Å². The van der Waals surface area contributed by atoms with Crippen molar-refractivity contribution in [1.29, 1.82) is 0 Å². The fourth-order valence-corrected chi connectivity index (χ4v) is 8.04. The molecule has 190 valence electrons. The summed E-state index contributed by atoms with van der Waals surface area (Å²) in [5, 5.41) is 6.18. The molecule has 0 heterocycles. The zero-order valence-electron chi connectivity index (χ0n) is 20.5. The minimum Gasteiger partial charge on any atom is -0.452 e. The first kappa shape index (κ1) is 25.2. The molecule has 0 saturated heterocycles. The number of thioether (sulfide) groups is 2. The van der Waals surface area contributed by atoms with Gasteiger partial charge in [-0.25, -0.2) is 4.79 Å². The summed E-state index contributed by atoms with van der Waals surface area (Å²) < 4.78 is 5.30. The summed E-state index contributed by atoms with van der Waals surface area (Å²) in [6.45, 7) is -0.382. The molecule has 0 aliphatic heterocycles. The van der Waals surface area contributed by atoms with Crippen LogP contribution >= 0.6 is 23.5 Å². The van der Waals surface area contributed by atoms with Crippen molar-refractivity contribution in [1.82, 2.24) is 5.32 Å². The van der Waals surface area contributed by atoms with Gasteiger partial charge < -0.3 is 15.4 Å². The lowest BCUT2D eigenvalue weighted by Gasteiger charge is -2.56. The Morgan fingerprint density at radius 3 is 2.17 bits per heavy atom. The first-order chi connectivity index (χ1) is 17.4. The van der Waals surface area contributed by atoms with Gasteiger partial charge in [-0.3, -0.25) is 9.59 Å². The zero-order chi connectivity index (χ0) is 25.1. The first-order valence-corrected chi connectivity index (χ1v) is 14.8. The summed E-state index contributed by atoms with van der Waals surface area (Å²) in [4.78, 5) is 39.7. The van der Waals surface area contributed by atoms with Crippen LogP contribution in [0.1, 0.15) is 48.9 Å². The van der Waals surface area contributed by atoms with E-state index in [-0.39, 0.29) is 23.8 Å². The van der Waals surface area contributed by atoms with E-state index >= 15 is 0 Å². The monoisotopic (exact) mass is 524 g/mol. The quantitative estimate of drug-likeness (QED) is 0.338. The van der Waals surface area contributed by atoms with Gasteiger partial charge in [0.2, 0.25) is 5.91 Å². The Hall–Kier alpha value is -2.45. The van der Waals surface area contributed by atoms with E-state index in [9.17, 15) is 14.4 Å². The number of carbonyl (C=O) groups is 3. The molecule has 6 rings (SSSR count). The highest BCUT2D eigenvalue weighted by molar-refractivity contribution is 8.00. The van der Waals surface area contributed by atoms with Crippen LogP contribution in [-0.2, 0) is 14.3 Å². The third-order valence-corrected chi connectivity index (χ3v) is 9.49. The fourth-order valence-electron chi connectivity index (χ4n) is 6.64. The van der Waals surface area contributed by atoms with Crippen LogP contribution in [0.2, 0.25) is 0 Å². The summed E-state index contributed by atoms with van der Waals surface area (Å²) >= 11 is 2.87. The van der Waals surface area contributed by atoms with Gasteiger partial charge in [0.1, 0.15) is 0 Å². The van der Waals surface area contributed by atoms with Gasteiger partial charge in [0.25, 0.3) is 5.91 Å². The van der Waals surface area contributed by atoms with Crippen molar-refractivity contribution in [3.8, 4) is 0 Å². The Bertz CT molecular complexity index is 1120. The Kier molecular flexibility index (Phi) is 7.62. The summed E-state index contributed by atoms with van der Waals surface area (Å²) in [5.74, 6) is 1.61. The number of para-hydroxylation sites is 1. The van der Waals surface area contributed by atoms with Gasteiger partial charge >= 0.3 is 5.97 Å². The van der Waals surface area contributed by atoms with E-state index in [2.05, 4.69) is 10.6 Å². The molecule has 4 saturated carbocycles. The molecule has 2 amide bonds. The molecule has 36 heavy (non-hydrogen) atoms. The second-order valence-electron chi connectivity index (χ2n) is 10.4. The van der Waals surface area contributed by atoms with Crippen LogP contribution in [0.4, 0.5) is 5.69 Å². The van der Waals surface area contributed by atoms with E-state index in [1.165, 1.54) is 42.8 Å². The highest BCUT2D eigenvalue weighted by Crippen LogP contribution is 2.55. The molecule has 2 N–H and O–H groups in total. The maximum absolute atomic E-state index is 12.9. The number of rotatable bonds is 9. The average Bonchev–Trinajstić information content (AvgIpc) is 2.85. The number of hydrogen-bond donors (Lipinski definition) is 2. The predicted octanol–water partition coefficient (Wildman–Crippen LogP) is 5.38. The fraction of sp³-hybridized carbons (Fsp3) is 0.464. The molecule has 2 aromatic rings. The van der Waals surface area contributed by atoms with Crippen molar-refractivity contribution < 1.29 is 19.1 Å². The lowest BCUT2D eigenvalue weighted by Crippen LogP contribution is -2.60. The lowest BCUT2D eigenvalue weighted by molar-refractivity contribution is -0.124. The lowest BCUT2D eigenvalue weighted by atomic mass is 9.53. The summed E-state index contributed by atoms with van der Waals surface area (Å²) in [6, 6.07) is 14.5. The minimum absolute atomic E-state index is 0.0207. The van der Waals surface area contributed by atoms with Crippen molar-refractivity contribution in [2.75, 3.05) is 23.9 Å². The van der Waals surface area contributed by atoms with E-state index < -0.39 is 11.9 Å². The van der Waals surface area contributed by atoms with E-state index in [0.29, 0.717) is 16.1 Å². The third kappa shape index (κ3) is 5.75. The molecule has 0 radical (unpaired) electrons. The predicted molar refractivity (Wildman–Crippen MR) is 143 cm³/mol. The molecule has 0 aromatic heterocycles. The SMILES string of the molecule is CSc1ccccc1NC(=O)COC(=O)c1ccccc1SCC(=O)NC12CC3CC(CC(C3)C1)C2. The number of amides is 2. The highest BCUT2D eigenvalue weighted by Gasteiger charge is 2.51. The Labute approximate surface area is 220 Å². The summed E-state index contributed by atoms with van der Waals surface area (Å²) in [7, 11) is 0. The second kappa shape index (κ2) is 10.9. The first-order valence-electron chi connectivity index (χ1n) is 12.6. The van der Waals surface area contributed by atoms with Crippen molar-refractivity contribution in [2.24, 2.45) is 17.8 Å². The number of benzene rings is 2. The van der Waals surface area contributed by atoms with Crippen LogP contribution in [-0.4, -0.2) is 41.9 Å². The zero-order valence-corrected chi connectivity index (χ0v) is 22.1. The average molecular weight is 525 g/mol. The van der Waals surface area contributed by atoms with Crippen molar-refractivity contribution in [3.05, 3.63) is 54.1 Å². The molecule has 4 fully saturated rings. The van der Waals surface area contributed by atoms with Gasteiger partial charge in [-0.2, -0.15) is 0 Å². The maximum atomic E-state index is 12.9. The Balaban J connectivity index is 1.14. The Morgan fingerprint density at radius 1 is 0.889 bits per heavy atom. The molecule has 6 nitrogen and oxygen atoms in total. The summed E-state index contributed by atoms with van der Waals surface area (Å²) in [6.07, 6.45) is 9.28. The van der Waals surface area contributed by atoms with Crippen LogP contribution in [0.3, 0.4) is 0 Å². The molecular formula is C28H32N2O4S2. The van der Waals surface area contributed by atoms with Gasteiger partial charge in [-0.05, 0) is 86.8 Å². The summed E-state index contributed by atoms with van der Waals surface area (Å²) in [5.41, 5.74) is 1.03. The molecule has 4 aliphatic rings. The van der Waals surface area contributed by atoms with Gasteiger partial charge in [-0.1, -0.05) is 24.3 Å². The van der Waals surface area contributed by atoms with Crippen LogP contribution in [0.5, 0.6) is 0 Å². The number of hydrogen-bond acceptors (Lipinski definition) is 6. The van der Waals surface area contributed by atoms with Gasteiger partial charge in [-0.15, -0.1) is 23.5 Å². The topological polar surface area (TPSA) is 84.5 Å². The molecular weight excluding hydrogens is 492 g/mol. The van der Waals surface area contributed by atoms with E-state index in [1.807, 2.05) is 42.7 Å². The number of anilines is 1. The van der Waals surface area contributed by atoms with Crippen LogP contribution in [0.15, 0.2) is 58.3 Å². The molecule has 2 aromatic carbocycles. The normalized spacial score (nSPS) is 25.9. The molecule has 8 heteroatoms. The third-order valence-electron chi connectivity index (χ3n) is 7.62. The number of esters is 1. The van der Waals surface area contributed by atoms with Gasteiger partial charge in [0, 0.05) is 15.3 Å². The number of ether oxygens (including phenoxy) is 1. The van der Waals surface area contributed by atoms with Crippen molar-refractivity contribution in [3.63, 3.8) is 0 Å². The highest BCUT2D eigenvalue weighted by atomic mass is 32.2. The minimum atomic E-state index is -0.576.